The van der Waals surface area contributed by atoms with Crippen LogP contribution in [0.3, 0.4) is 0 Å². The van der Waals surface area contributed by atoms with Crippen molar-refractivity contribution in [3.05, 3.63) is 0 Å². The molecule has 2 nitrogen and oxygen atoms in total. The van der Waals surface area contributed by atoms with Gasteiger partial charge in [0.25, 0.3) is 0 Å². The van der Waals surface area contributed by atoms with Crippen LogP contribution in [0.25, 0.3) is 0 Å². The molecule has 1 aliphatic heterocycles. The minimum Gasteiger partial charge on any atom is -0.313 e. The average molecular weight is 210 g/mol. The summed E-state index contributed by atoms with van der Waals surface area (Å²) in [6, 6.07) is 0.713. The summed E-state index contributed by atoms with van der Waals surface area (Å²) in [4.78, 5) is 2.47. The van der Waals surface area contributed by atoms with Gasteiger partial charge in [-0.2, -0.15) is 0 Å². The Balaban J connectivity index is 1.68. The molecule has 1 saturated carbocycles. The highest BCUT2D eigenvalue weighted by Gasteiger charge is 2.42. The first-order valence-corrected chi connectivity index (χ1v) is 6.52. The van der Waals surface area contributed by atoms with Gasteiger partial charge in [-0.3, -0.25) is 0 Å². The molecule has 88 valence electrons. The van der Waals surface area contributed by atoms with E-state index in [1.807, 2.05) is 0 Å². The van der Waals surface area contributed by atoms with Crippen molar-refractivity contribution >= 4 is 0 Å². The van der Waals surface area contributed by atoms with Crippen LogP contribution in [0.1, 0.15) is 39.5 Å². The van der Waals surface area contributed by atoms with Crippen LogP contribution in [0.5, 0.6) is 0 Å². The summed E-state index contributed by atoms with van der Waals surface area (Å²) in [5, 5.41) is 3.75. The van der Waals surface area contributed by atoms with Crippen LogP contribution >= 0.6 is 0 Å². The molecule has 2 fully saturated rings. The Morgan fingerprint density at radius 1 is 1.47 bits per heavy atom. The molecule has 0 radical (unpaired) electrons. The molecule has 0 bridgehead atoms. The topological polar surface area (TPSA) is 15.3 Å². The summed E-state index contributed by atoms with van der Waals surface area (Å²) in [6.07, 6.45) is 5.65. The van der Waals surface area contributed by atoms with Crippen molar-refractivity contribution < 1.29 is 0 Å². The molecule has 0 spiro atoms. The van der Waals surface area contributed by atoms with E-state index in [1.165, 1.54) is 45.3 Å². The molecule has 15 heavy (non-hydrogen) atoms. The Hall–Kier alpha value is -0.0800. The molecule has 2 rings (SSSR count). The summed E-state index contributed by atoms with van der Waals surface area (Å²) in [7, 11) is 2.25. The molecule has 0 aromatic heterocycles. The Labute approximate surface area is 94.4 Å². The van der Waals surface area contributed by atoms with E-state index in [-0.39, 0.29) is 0 Å². The number of piperidine rings is 1. The maximum Gasteiger partial charge on any atom is 0.00926 e. The highest BCUT2D eigenvalue weighted by Crippen LogP contribution is 2.47. The number of hydrogen-bond donors (Lipinski definition) is 1. The molecule has 2 atom stereocenters. The molecule has 0 aromatic rings. The maximum atomic E-state index is 3.75. The van der Waals surface area contributed by atoms with Gasteiger partial charge in [-0.05, 0) is 64.1 Å². The smallest absolute Gasteiger partial charge is 0.00926 e. The zero-order chi connectivity index (χ0) is 10.9. The van der Waals surface area contributed by atoms with E-state index in [0.29, 0.717) is 11.5 Å². The lowest BCUT2D eigenvalue weighted by Crippen LogP contribution is -2.42. The molecule has 0 amide bonds. The largest absolute Gasteiger partial charge is 0.313 e. The molecular weight excluding hydrogens is 184 g/mol. The van der Waals surface area contributed by atoms with Gasteiger partial charge in [0.15, 0.2) is 0 Å². The third kappa shape index (κ3) is 2.94. The third-order valence-electron chi connectivity index (χ3n) is 4.52. The van der Waals surface area contributed by atoms with E-state index in [2.05, 4.69) is 31.1 Å². The molecule has 2 unspecified atom stereocenters. The van der Waals surface area contributed by atoms with Crippen molar-refractivity contribution in [3.63, 3.8) is 0 Å². The average Bonchev–Trinajstić information content (AvgIpc) is 2.94. The van der Waals surface area contributed by atoms with Gasteiger partial charge < -0.3 is 10.2 Å². The molecule has 1 N–H and O–H groups in total. The van der Waals surface area contributed by atoms with Gasteiger partial charge >= 0.3 is 0 Å². The van der Waals surface area contributed by atoms with Gasteiger partial charge in [0.2, 0.25) is 0 Å². The summed E-state index contributed by atoms with van der Waals surface area (Å²) in [6.45, 7) is 8.58. The summed E-state index contributed by atoms with van der Waals surface area (Å²) in [5.74, 6) is 0.883. The van der Waals surface area contributed by atoms with Crippen molar-refractivity contribution in [2.45, 2.75) is 45.6 Å². The highest BCUT2D eigenvalue weighted by molar-refractivity contribution is 4.96. The van der Waals surface area contributed by atoms with Crippen LogP contribution in [-0.4, -0.2) is 37.6 Å². The predicted molar refractivity (Wildman–Crippen MR) is 65.0 cm³/mol. The van der Waals surface area contributed by atoms with E-state index in [4.69, 9.17) is 0 Å². The Bertz CT molecular complexity index is 211. The van der Waals surface area contributed by atoms with Crippen LogP contribution in [0.15, 0.2) is 0 Å². The second-order valence-electron chi connectivity index (χ2n) is 6.05. The van der Waals surface area contributed by atoms with Crippen molar-refractivity contribution in [1.82, 2.24) is 10.2 Å². The number of likely N-dealkylation sites (tertiary alicyclic amines) is 1. The number of nitrogens with one attached hydrogen (secondary N) is 1. The van der Waals surface area contributed by atoms with Crippen LogP contribution in [0, 0.1) is 11.3 Å². The van der Waals surface area contributed by atoms with Crippen LogP contribution in [0.2, 0.25) is 0 Å². The maximum absolute atomic E-state index is 3.75. The fraction of sp³-hybridized carbons (Fsp3) is 1.00. The lowest BCUT2D eigenvalue weighted by atomic mass is 9.96. The molecule has 0 aromatic carbocycles. The van der Waals surface area contributed by atoms with Gasteiger partial charge in [0, 0.05) is 12.6 Å². The lowest BCUT2D eigenvalue weighted by molar-refractivity contribution is 0.198. The number of hydrogen-bond acceptors (Lipinski definition) is 2. The minimum absolute atomic E-state index is 0.626. The zero-order valence-corrected chi connectivity index (χ0v) is 10.6. The van der Waals surface area contributed by atoms with Crippen molar-refractivity contribution in [2.75, 3.05) is 26.7 Å². The van der Waals surface area contributed by atoms with E-state index < -0.39 is 0 Å². The summed E-state index contributed by atoms with van der Waals surface area (Å²) in [5.41, 5.74) is 0.626. The quantitative estimate of drug-likeness (QED) is 0.764. The lowest BCUT2D eigenvalue weighted by Gasteiger charge is -2.31. The first-order valence-electron chi connectivity index (χ1n) is 6.52. The van der Waals surface area contributed by atoms with Crippen LogP contribution in [-0.2, 0) is 0 Å². The predicted octanol–water partition coefficient (Wildman–Crippen LogP) is 2.11. The first kappa shape index (κ1) is 11.4. The highest BCUT2D eigenvalue weighted by atomic mass is 15.1. The van der Waals surface area contributed by atoms with Gasteiger partial charge in [-0.25, -0.2) is 0 Å². The van der Waals surface area contributed by atoms with Crippen molar-refractivity contribution in [2.24, 2.45) is 11.3 Å². The SMILES string of the molecule is CC(NCC1CCCN(C)C1)C1(C)CC1. The molecule has 2 aliphatic rings. The standard InChI is InChI=1S/C13H26N2/c1-11(13(2)6-7-13)14-9-12-5-4-8-15(3)10-12/h11-12,14H,4-10H2,1-3H3. The fourth-order valence-electron chi connectivity index (χ4n) is 2.66. The second-order valence-corrected chi connectivity index (χ2v) is 6.05. The monoisotopic (exact) mass is 210 g/mol. The van der Waals surface area contributed by atoms with Crippen molar-refractivity contribution in [3.8, 4) is 0 Å². The Morgan fingerprint density at radius 3 is 2.80 bits per heavy atom. The van der Waals surface area contributed by atoms with E-state index >= 15 is 0 Å². The summed E-state index contributed by atoms with van der Waals surface area (Å²) < 4.78 is 0. The van der Waals surface area contributed by atoms with E-state index in [9.17, 15) is 0 Å². The number of rotatable bonds is 4. The van der Waals surface area contributed by atoms with Crippen LogP contribution < -0.4 is 5.32 Å². The van der Waals surface area contributed by atoms with Gasteiger partial charge in [-0.1, -0.05) is 6.92 Å². The van der Waals surface area contributed by atoms with E-state index in [1.54, 1.807) is 0 Å². The third-order valence-corrected chi connectivity index (χ3v) is 4.52. The second kappa shape index (κ2) is 4.42. The summed E-state index contributed by atoms with van der Waals surface area (Å²) >= 11 is 0. The van der Waals surface area contributed by atoms with Crippen molar-refractivity contribution in [1.29, 1.82) is 0 Å². The molecule has 2 heteroatoms. The minimum atomic E-state index is 0.626. The molecule has 1 saturated heterocycles. The van der Waals surface area contributed by atoms with E-state index in [0.717, 1.165) is 5.92 Å². The van der Waals surface area contributed by atoms with Gasteiger partial charge in [0.1, 0.15) is 0 Å². The zero-order valence-electron chi connectivity index (χ0n) is 10.6. The molecular formula is C13H26N2. The fourth-order valence-corrected chi connectivity index (χ4v) is 2.66. The van der Waals surface area contributed by atoms with Gasteiger partial charge in [0.05, 0.1) is 0 Å². The molecule has 1 aliphatic carbocycles. The normalized spacial score (nSPS) is 32.6. The Kier molecular flexibility index (Phi) is 3.36. The Morgan fingerprint density at radius 2 is 2.20 bits per heavy atom. The van der Waals surface area contributed by atoms with Crippen LogP contribution in [0.4, 0.5) is 0 Å². The van der Waals surface area contributed by atoms with Gasteiger partial charge in [-0.15, -0.1) is 0 Å². The number of nitrogens with zero attached hydrogens (tertiary/aromatic N) is 1. The first-order chi connectivity index (χ1) is 7.10. The molecule has 1 heterocycles.